The lowest BCUT2D eigenvalue weighted by Crippen LogP contribution is -2.38. The molecule has 3 rings (SSSR count). The first-order chi connectivity index (χ1) is 13.5. The van der Waals surface area contributed by atoms with Gasteiger partial charge in [-0.1, -0.05) is 25.2 Å². The monoisotopic (exact) mass is 401 g/mol. The second-order valence-electron chi connectivity index (χ2n) is 6.32. The average Bonchev–Trinajstić information content (AvgIpc) is 3.14. The van der Waals surface area contributed by atoms with Gasteiger partial charge in [0.2, 0.25) is 0 Å². The minimum atomic E-state index is -0.363. The van der Waals surface area contributed by atoms with Crippen molar-refractivity contribution in [1.82, 2.24) is 9.88 Å². The molecule has 0 aliphatic rings. The van der Waals surface area contributed by atoms with Crippen molar-refractivity contribution < 1.29 is 13.9 Å². The lowest BCUT2D eigenvalue weighted by Gasteiger charge is -2.24. The van der Waals surface area contributed by atoms with Gasteiger partial charge in [0, 0.05) is 24.7 Å². The van der Waals surface area contributed by atoms with E-state index in [2.05, 4.69) is 23.7 Å². The van der Waals surface area contributed by atoms with E-state index in [4.69, 9.17) is 4.74 Å². The number of aromatic nitrogens is 1. The summed E-state index contributed by atoms with van der Waals surface area (Å²) in [7, 11) is 1.61. The molecule has 148 valence electrons. The highest BCUT2D eigenvalue weighted by atomic mass is 32.1. The summed E-state index contributed by atoms with van der Waals surface area (Å²) in [6.45, 7) is 7.26. The molecular formula is C21H24FN3O2S. The van der Waals surface area contributed by atoms with Crippen LogP contribution in [0.1, 0.15) is 24.2 Å². The standard InChI is InChI=1S/C21H24FN3O2S/c1-4-24(5-2)12-13-25(20(26)15-6-8-16(22)9-7-15)21-23-18-14-17(27-3)10-11-19(18)28-21/h6-11,14H,4-5,12-13H2,1-3H3. The third kappa shape index (κ3) is 4.48. The van der Waals surface area contributed by atoms with Crippen molar-refractivity contribution in [3.05, 3.63) is 53.8 Å². The third-order valence-corrected chi connectivity index (χ3v) is 5.74. The highest BCUT2D eigenvalue weighted by molar-refractivity contribution is 7.22. The minimum absolute atomic E-state index is 0.182. The van der Waals surface area contributed by atoms with Gasteiger partial charge in [0.15, 0.2) is 5.13 Å². The van der Waals surface area contributed by atoms with Crippen LogP contribution in [0, 0.1) is 5.82 Å². The van der Waals surface area contributed by atoms with E-state index < -0.39 is 0 Å². The molecule has 0 aliphatic heterocycles. The number of anilines is 1. The Kier molecular flexibility index (Phi) is 6.59. The van der Waals surface area contributed by atoms with E-state index in [1.54, 1.807) is 12.0 Å². The number of benzene rings is 2. The molecule has 0 fully saturated rings. The average molecular weight is 402 g/mol. The largest absolute Gasteiger partial charge is 0.497 e. The molecule has 0 aliphatic carbocycles. The normalized spacial score (nSPS) is 11.2. The van der Waals surface area contributed by atoms with Crippen LogP contribution in [-0.2, 0) is 0 Å². The van der Waals surface area contributed by atoms with Gasteiger partial charge in [0.25, 0.3) is 5.91 Å². The van der Waals surface area contributed by atoms with Gasteiger partial charge >= 0.3 is 0 Å². The SMILES string of the molecule is CCN(CC)CCN(C(=O)c1ccc(F)cc1)c1nc2cc(OC)ccc2s1. The summed E-state index contributed by atoms with van der Waals surface area (Å²) in [5.74, 6) is 0.181. The van der Waals surface area contributed by atoms with Crippen molar-refractivity contribution in [2.75, 3.05) is 38.2 Å². The van der Waals surface area contributed by atoms with Crippen molar-refractivity contribution in [3.63, 3.8) is 0 Å². The molecule has 3 aromatic rings. The Morgan fingerprint density at radius 3 is 2.46 bits per heavy atom. The maximum absolute atomic E-state index is 13.3. The van der Waals surface area contributed by atoms with Gasteiger partial charge in [0.1, 0.15) is 11.6 Å². The molecule has 0 bridgehead atoms. The summed E-state index contributed by atoms with van der Waals surface area (Å²) < 4.78 is 19.5. The summed E-state index contributed by atoms with van der Waals surface area (Å²) in [4.78, 5) is 21.8. The zero-order valence-corrected chi connectivity index (χ0v) is 17.1. The molecule has 0 N–H and O–H groups in total. The van der Waals surface area contributed by atoms with E-state index >= 15 is 0 Å². The van der Waals surface area contributed by atoms with Gasteiger partial charge in [-0.15, -0.1) is 0 Å². The van der Waals surface area contributed by atoms with Gasteiger partial charge in [0.05, 0.1) is 17.3 Å². The lowest BCUT2D eigenvalue weighted by molar-refractivity contribution is 0.0983. The number of rotatable bonds is 8. The number of carbonyl (C=O) groups is 1. The molecule has 1 heterocycles. The summed E-state index contributed by atoms with van der Waals surface area (Å²) in [6.07, 6.45) is 0. The molecule has 0 atom stereocenters. The number of thiazole rings is 1. The molecule has 0 radical (unpaired) electrons. The minimum Gasteiger partial charge on any atom is -0.497 e. The molecule has 2 aromatic carbocycles. The molecular weight excluding hydrogens is 377 g/mol. The molecule has 0 spiro atoms. The Morgan fingerprint density at radius 1 is 1.11 bits per heavy atom. The number of amides is 1. The Balaban J connectivity index is 1.94. The Bertz CT molecular complexity index is 938. The molecule has 0 unspecified atom stereocenters. The maximum atomic E-state index is 13.3. The van der Waals surface area contributed by atoms with E-state index in [9.17, 15) is 9.18 Å². The van der Waals surface area contributed by atoms with E-state index in [0.717, 1.165) is 35.6 Å². The first kappa shape index (κ1) is 20.2. The van der Waals surface area contributed by atoms with Crippen LogP contribution in [0.4, 0.5) is 9.52 Å². The fourth-order valence-corrected chi connectivity index (χ4v) is 3.92. The molecule has 7 heteroatoms. The summed E-state index contributed by atoms with van der Waals surface area (Å²) >= 11 is 1.46. The molecule has 5 nitrogen and oxygen atoms in total. The van der Waals surface area contributed by atoms with Crippen molar-refractivity contribution >= 4 is 32.6 Å². The number of fused-ring (bicyclic) bond motifs is 1. The van der Waals surface area contributed by atoms with E-state index in [-0.39, 0.29) is 11.7 Å². The quantitative estimate of drug-likeness (QED) is 0.560. The number of methoxy groups -OCH3 is 1. The van der Waals surface area contributed by atoms with Crippen molar-refractivity contribution in [3.8, 4) is 5.75 Å². The highest BCUT2D eigenvalue weighted by Crippen LogP contribution is 2.32. The number of carbonyl (C=O) groups excluding carboxylic acids is 1. The predicted molar refractivity (Wildman–Crippen MR) is 112 cm³/mol. The number of hydrogen-bond acceptors (Lipinski definition) is 5. The molecule has 1 amide bonds. The smallest absolute Gasteiger partial charge is 0.260 e. The number of halogens is 1. The van der Waals surface area contributed by atoms with Crippen LogP contribution >= 0.6 is 11.3 Å². The summed E-state index contributed by atoms with van der Waals surface area (Å²) in [5.41, 5.74) is 1.23. The molecule has 0 saturated heterocycles. The fraction of sp³-hybridized carbons (Fsp3) is 0.333. The van der Waals surface area contributed by atoms with E-state index in [1.165, 1.54) is 35.6 Å². The Labute approximate surface area is 168 Å². The zero-order chi connectivity index (χ0) is 20.1. The Hall–Kier alpha value is -2.51. The number of ether oxygens (including phenoxy) is 1. The van der Waals surface area contributed by atoms with Gasteiger partial charge in [-0.05, 0) is 49.5 Å². The van der Waals surface area contributed by atoms with E-state index in [1.807, 2.05) is 18.2 Å². The topological polar surface area (TPSA) is 45.7 Å². The summed E-state index contributed by atoms with van der Waals surface area (Å²) in [6, 6.07) is 11.3. The molecule has 0 saturated carbocycles. The van der Waals surface area contributed by atoms with Gasteiger partial charge < -0.3 is 9.64 Å². The van der Waals surface area contributed by atoms with Crippen LogP contribution < -0.4 is 9.64 Å². The highest BCUT2D eigenvalue weighted by Gasteiger charge is 2.22. The number of likely N-dealkylation sites (N-methyl/N-ethyl adjacent to an activating group) is 1. The van der Waals surface area contributed by atoms with Gasteiger partial charge in [-0.2, -0.15) is 0 Å². The maximum Gasteiger partial charge on any atom is 0.260 e. The molecule has 28 heavy (non-hydrogen) atoms. The summed E-state index contributed by atoms with van der Waals surface area (Å²) in [5, 5.41) is 0.629. The van der Waals surface area contributed by atoms with Crippen molar-refractivity contribution in [2.45, 2.75) is 13.8 Å². The van der Waals surface area contributed by atoms with Crippen LogP contribution in [0.25, 0.3) is 10.2 Å². The fourth-order valence-electron chi connectivity index (χ4n) is 2.95. The first-order valence-electron chi connectivity index (χ1n) is 9.30. The second-order valence-corrected chi connectivity index (χ2v) is 7.33. The second kappa shape index (κ2) is 9.12. The van der Waals surface area contributed by atoms with Crippen molar-refractivity contribution in [2.24, 2.45) is 0 Å². The number of hydrogen-bond donors (Lipinski definition) is 0. The predicted octanol–water partition coefficient (Wildman–Crippen LogP) is 4.43. The van der Waals surface area contributed by atoms with Crippen LogP contribution in [0.5, 0.6) is 5.75 Å². The van der Waals surface area contributed by atoms with Gasteiger partial charge in [-0.3, -0.25) is 9.69 Å². The molecule has 1 aromatic heterocycles. The number of nitrogens with zero attached hydrogens (tertiary/aromatic N) is 3. The van der Waals surface area contributed by atoms with Gasteiger partial charge in [-0.25, -0.2) is 9.37 Å². The first-order valence-corrected chi connectivity index (χ1v) is 10.1. The van der Waals surface area contributed by atoms with Crippen LogP contribution in [0.15, 0.2) is 42.5 Å². The van der Waals surface area contributed by atoms with Crippen LogP contribution in [-0.4, -0.2) is 49.1 Å². The van der Waals surface area contributed by atoms with Crippen molar-refractivity contribution in [1.29, 1.82) is 0 Å². The lowest BCUT2D eigenvalue weighted by atomic mass is 10.2. The third-order valence-electron chi connectivity index (χ3n) is 4.68. The Morgan fingerprint density at radius 2 is 1.82 bits per heavy atom. The van der Waals surface area contributed by atoms with Crippen LogP contribution in [0.2, 0.25) is 0 Å². The van der Waals surface area contributed by atoms with E-state index in [0.29, 0.717) is 17.2 Å². The van der Waals surface area contributed by atoms with Crippen LogP contribution in [0.3, 0.4) is 0 Å². The zero-order valence-electron chi connectivity index (χ0n) is 16.3.